The van der Waals surface area contributed by atoms with Gasteiger partial charge in [-0.05, 0) is 60.9 Å². The van der Waals surface area contributed by atoms with Crippen LogP contribution in [0, 0.1) is 0 Å². The number of fused-ring (bicyclic) bond motifs is 1. The highest BCUT2D eigenvalue weighted by Crippen LogP contribution is 2.22. The Hall–Kier alpha value is -2.94. The summed E-state index contributed by atoms with van der Waals surface area (Å²) in [5, 5.41) is 5.11. The van der Waals surface area contributed by atoms with Gasteiger partial charge in [0.05, 0.1) is 11.4 Å². The van der Waals surface area contributed by atoms with Gasteiger partial charge in [0.15, 0.2) is 0 Å². The third-order valence-electron chi connectivity index (χ3n) is 6.20. The average Bonchev–Trinajstić information content (AvgIpc) is 2.86. The van der Waals surface area contributed by atoms with Crippen LogP contribution in [0.25, 0.3) is 10.8 Å². The number of nitrogens with zero attached hydrogens (tertiary/aromatic N) is 2. The number of sulfonamides is 1. The molecule has 192 valence electrons. The fourth-order valence-corrected chi connectivity index (χ4v) is 5.12. The lowest BCUT2D eigenvalue weighted by atomic mass is 10.1. The van der Waals surface area contributed by atoms with E-state index in [1.165, 1.54) is 18.0 Å². The molecule has 2 atom stereocenters. The predicted molar refractivity (Wildman–Crippen MR) is 143 cm³/mol. The molecule has 0 radical (unpaired) electrons. The molecule has 0 fully saturated rings. The normalized spacial score (nSPS) is 13.4. The molecular formula is C27H32ClN3O4S. The number of hydrogen-bond donors (Lipinski definition) is 1. The van der Waals surface area contributed by atoms with Gasteiger partial charge in [-0.3, -0.25) is 9.59 Å². The van der Waals surface area contributed by atoms with Crippen LogP contribution in [0.1, 0.15) is 32.8 Å². The first kappa shape index (κ1) is 27.6. The van der Waals surface area contributed by atoms with Gasteiger partial charge in [-0.2, -0.15) is 4.31 Å². The SMILES string of the molecule is CCC(C)NC(=O)C(C)N(Cc1cccc(Cl)c1)C(=O)CN(C)S(=O)(=O)c1ccc2ccccc2c1. The summed E-state index contributed by atoms with van der Waals surface area (Å²) in [7, 11) is -2.58. The Morgan fingerprint density at radius 1 is 0.972 bits per heavy atom. The van der Waals surface area contributed by atoms with Crippen molar-refractivity contribution >= 4 is 44.2 Å². The molecule has 0 aliphatic rings. The Labute approximate surface area is 218 Å². The zero-order valence-electron chi connectivity index (χ0n) is 20.9. The number of rotatable bonds is 10. The van der Waals surface area contributed by atoms with Crippen molar-refractivity contribution in [3.05, 3.63) is 77.3 Å². The second-order valence-electron chi connectivity index (χ2n) is 8.92. The van der Waals surface area contributed by atoms with E-state index in [-0.39, 0.29) is 23.4 Å². The fourth-order valence-electron chi connectivity index (χ4n) is 3.75. The maximum Gasteiger partial charge on any atom is 0.243 e. The van der Waals surface area contributed by atoms with Crippen molar-refractivity contribution < 1.29 is 18.0 Å². The van der Waals surface area contributed by atoms with Gasteiger partial charge in [0.1, 0.15) is 6.04 Å². The monoisotopic (exact) mass is 529 g/mol. The summed E-state index contributed by atoms with van der Waals surface area (Å²) >= 11 is 6.12. The zero-order valence-corrected chi connectivity index (χ0v) is 22.5. The van der Waals surface area contributed by atoms with E-state index in [1.807, 2.05) is 38.1 Å². The number of halogens is 1. The van der Waals surface area contributed by atoms with Gasteiger partial charge < -0.3 is 10.2 Å². The van der Waals surface area contributed by atoms with E-state index < -0.39 is 28.5 Å². The number of amides is 2. The average molecular weight is 530 g/mol. The first-order chi connectivity index (χ1) is 17.0. The van der Waals surface area contributed by atoms with Gasteiger partial charge in [0, 0.05) is 24.7 Å². The predicted octanol–water partition coefficient (Wildman–Crippen LogP) is 4.45. The molecule has 9 heteroatoms. The highest BCUT2D eigenvalue weighted by molar-refractivity contribution is 7.89. The van der Waals surface area contributed by atoms with Crippen molar-refractivity contribution in [1.82, 2.24) is 14.5 Å². The van der Waals surface area contributed by atoms with E-state index >= 15 is 0 Å². The summed E-state index contributed by atoms with van der Waals surface area (Å²) in [5.41, 5.74) is 0.735. The topological polar surface area (TPSA) is 86.8 Å². The molecule has 2 amide bonds. The lowest BCUT2D eigenvalue weighted by Crippen LogP contribution is -2.51. The lowest BCUT2D eigenvalue weighted by Gasteiger charge is -2.31. The smallest absolute Gasteiger partial charge is 0.243 e. The number of carbonyl (C=O) groups excluding carboxylic acids is 2. The first-order valence-corrected chi connectivity index (χ1v) is 13.6. The van der Waals surface area contributed by atoms with Crippen LogP contribution in [0.4, 0.5) is 0 Å². The highest BCUT2D eigenvalue weighted by Gasteiger charge is 2.30. The minimum absolute atomic E-state index is 0.0565. The molecule has 0 saturated heterocycles. The van der Waals surface area contributed by atoms with Crippen molar-refractivity contribution in [3.8, 4) is 0 Å². The van der Waals surface area contributed by atoms with Crippen molar-refractivity contribution in [2.24, 2.45) is 0 Å². The van der Waals surface area contributed by atoms with Gasteiger partial charge in [-0.1, -0.05) is 61.0 Å². The van der Waals surface area contributed by atoms with E-state index in [9.17, 15) is 18.0 Å². The minimum atomic E-state index is -3.94. The molecule has 36 heavy (non-hydrogen) atoms. The summed E-state index contributed by atoms with van der Waals surface area (Å²) in [6.45, 7) is 5.17. The molecule has 0 aliphatic heterocycles. The van der Waals surface area contributed by atoms with Gasteiger partial charge in [0.2, 0.25) is 21.8 Å². The maximum atomic E-state index is 13.4. The zero-order chi connectivity index (χ0) is 26.5. The molecule has 0 aliphatic carbocycles. The first-order valence-electron chi connectivity index (χ1n) is 11.8. The summed E-state index contributed by atoms with van der Waals surface area (Å²) in [6.07, 6.45) is 0.743. The molecule has 3 aromatic carbocycles. The van der Waals surface area contributed by atoms with Crippen LogP contribution >= 0.6 is 11.6 Å². The Kier molecular flexibility index (Phi) is 9.11. The van der Waals surface area contributed by atoms with Gasteiger partial charge in [-0.25, -0.2) is 8.42 Å². The minimum Gasteiger partial charge on any atom is -0.352 e. The van der Waals surface area contributed by atoms with Crippen LogP contribution in [0.15, 0.2) is 71.6 Å². The molecule has 0 aromatic heterocycles. The largest absolute Gasteiger partial charge is 0.352 e. The molecule has 7 nitrogen and oxygen atoms in total. The Morgan fingerprint density at radius 3 is 2.33 bits per heavy atom. The number of likely N-dealkylation sites (N-methyl/N-ethyl adjacent to an activating group) is 1. The molecule has 3 aromatic rings. The maximum absolute atomic E-state index is 13.4. The van der Waals surface area contributed by atoms with E-state index in [4.69, 9.17) is 11.6 Å². The van der Waals surface area contributed by atoms with Crippen LogP contribution in [0.3, 0.4) is 0 Å². The van der Waals surface area contributed by atoms with E-state index in [0.29, 0.717) is 5.02 Å². The van der Waals surface area contributed by atoms with E-state index in [0.717, 1.165) is 27.1 Å². The molecule has 3 rings (SSSR count). The summed E-state index contributed by atoms with van der Waals surface area (Å²) < 4.78 is 27.6. The summed E-state index contributed by atoms with van der Waals surface area (Å²) in [6, 6.07) is 18.5. The summed E-state index contributed by atoms with van der Waals surface area (Å²) in [5.74, 6) is -0.798. The van der Waals surface area contributed by atoms with Crippen LogP contribution < -0.4 is 5.32 Å². The Bertz CT molecular complexity index is 1350. The highest BCUT2D eigenvalue weighted by atomic mass is 35.5. The van der Waals surface area contributed by atoms with E-state index in [1.54, 1.807) is 43.3 Å². The van der Waals surface area contributed by atoms with E-state index in [2.05, 4.69) is 5.32 Å². The number of carbonyl (C=O) groups is 2. The Balaban J connectivity index is 1.85. The molecule has 0 spiro atoms. The molecule has 0 saturated carbocycles. The molecule has 0 heterocycles. The van der Waals surface area contributed by atoms with Crippen LogP contribution in [-0.4, -0.2) is 55.1 Å². The number of benzene rings is 3. The third-order valence-corrected chi connectivity index (χ3v) is 8.23. The molecule has 1 N–H and O–H groups in total. The number of hydrogen-bond acceptors (Lipinski definition) is 4. The van der Waals surface area contributed by atoms with Crippen molar-refractivity contribution in [2.45, 2.75) is 50.7 Å². The quantitative estimate of drug-likeness (QED) is 0.420. The third kappa shape index (κ3) is 6.63. The summed E-state index contributed by atoms with van der Waals surface area (Å²) in [4.78, 5) is 27.8. The molecule has 2 unspecified atom stereocenters. The van der Waals surface area contributed by atoms with Gasteiger partial charge in [-0.15, -0.1) is 0 Å². The Morgan fingerprint density at radius 2 is 1.67 bits per heavy atom. The second kappa shape index (κ2) is 11.9. The second-order valence-corrected chi connectivity index (χ2v) is 11.4. The molecule has 0 bridgehead atoms. The lowest BCUT2D eigenvalue weighted by molar-refractivity contribution is -0.140. The fraction of sp³-hybridized carbons (Fsp3) is 0.333. The standard InChI is InChI=1S/C27H32ClN3O4S/c1-5-19(2)29-27(33)20(3)31(17-21-9-8-12-24(28)15-21)26(32)18-30(4)36(34,35)25-14-13-22-10-6-7-11-23(22)16-25/h6-16,19-20H,5,17-18H2,1-4H3,(H,29,33). The van der Waals surface area contributed by atoms with Crippen molar-refractivity contribution in [2.75, 3.05) is 13.6 Å². The van der Waals surface area contributed by atoms with Gasteiger partial charge >= 0.3 is 0 Å². The van der Waals surface area contributed by atoms with Crippen molar-refractivity contribution in [1.29, 1.82) is 0 Å². The van der Waals surface area contributed by atoms with Crippen LogP contribution in [0.2, 0.25) is 5.02 Å². The van der Waals surface area contributed by atoms with Gasteiger partial charge in [0.25, 0.3) is 0 Å². The van der Waals surface area contributed by atoms with Crippen LogP contribution in [0.5, 0.6) is 0 Å². The number of nitrogens with one attached hydrogen (secondary N) is 1. The van der Waals surface area contributed by atoms with Crippen molar-refractivity contribution in [3.63, 3.8) is 0 Å². The molecular weight excluding hydrogens is 498 g/mol. The van der Waals surface area contributed by atoms with Crippen LogP contribution in [-0.2, 0) is 26.2 Å².